The first-order chi connectivity index (χ1) is 34.0. The van der Waals surface area contributed by atoms with Crippen molar-refractivity contribution in [2.45, 2.75) is 106 Å². The fourth-order valence-electron chi connectivity index (χ4n) is 11.0. The van der Waals surface area contributed by atoms with Gasteiger partial charge in [-0.1, -0.05) is 190 Å². The van der Waals surface area contributed by atoms with E-state index >= 15 is 0 Å². The summed E-state index contributed by atoms with van der Waals surface area (Å²) in [6.45, 7) is 28.3. The van der Waals surface area contributed by atoms with Gasteiger partial charge in [-0.15, -0.1) is 11.5 Å². The van der Waals surface area contributed by atoms with Crippen molar-refractivity contribution in [1.82, 2.24) is 9.55 Å². The molecule has 2 aromatic heterocycles. The Labute approximate surface area is 452 Å². The monoisotopic (exact) mass is 1150 g/mol. The van der Waals surface area contributed by atoms with Crippen LogP contribution in [-0.4, -0.2) is 24.3 Å². The number of hydrogen-bond acceptors (Lipinski definition) is 3. The molecule has 0 atom stereocenters. The van der Waals surface area contributed by atoms with Gasteiger partial charge in [-0.05, 0) is 110 Å². The predicted molar refractivity (Wildman–Crippen MR) is 312 cm³/mol. The van der Waals surface area contributed by atoms with Crippen molar-refractivity contribution in [3.05, 3.63) is 223 Å². The summed E-state index contributed by atoms with van der Waals surface area (Å²) in [4.78, 5) is 10.0. The number of allylic oxidation sites excluding steroid dienone is 2. The van der Waals surface area contributed by atoms with Crippen molar-refractivity contribution in [3.63, 3.8) is 0 Å². The van der Waals surface area contributed by atoms with Crippen LogP contribution in [0.2, 0.25) is 0 Å². The number of benzene rings is 7. The molecular formula is C67H71N4PtSi-3. The van der Waals surface area contributed by atoms with E-state index in [1.807, 2.05) is 6.20 Å². The van der Waals surface area contributed by atoms with Crippen LogP contribution < -0.4 is 30.5 Å². The number of anilines is 2. The van der Waals surface area contributed by atoms with Gasteiger partial charge < -0.3 is 21.8 Å². The summed E-state index contributed by atoms with van der Waals surface area (Å²) in [5.41, 5.74) is 14.7. The van der Waals surface area contributed by atoms with Gasteiger partial charge in [-0.3, -0.25) is 0 Å². The van der Waals surface area contributed by atoms with Gasteiger partial charge in [0.15, 0.2) is 0 Å². The van der Waals surface area contributed by atoms with E-state index in [0.29, 0.717) is 18.5 Å². The van der Waals surface area contributed by atoms with Gasteiger partial charge in [0.25, 0.3) is 0 Å². The third-order valence-corrected chi connectivity index (χ3v) is 19.7. The van der Waals surface area contributed by atoms with Gasteiger partial charge in [0.1, 0.15) is 13.9 Å². The van der Waals surface area contributed by atoms with E-state index < -0.39 is 8.07 Å². The normalized spacial score (nSPS) is 13.3. The van der Waals surface area contributed by atoms with Gasteiger partial charge in [-0.2, -0.15) is 46.3 Å². The summed E-state index contributed by atoms with van der Waals surface area (Å²) < 4.78 is 2.34. The van der Waals surface area contributed by atoms with Crippen LogP contribution in [0.15, 0.2) is 181 Å². The molecule has 0 spiro atoms. The zero-order chi connectivity index (χ0) is 50.0. The minimum Gasteiger partial charge on any atom is -0.358 e. The molecule has 0 saturated carbocycles. The quantitative estimate of drug-likeness (QED) is 0.0775. The van der Waals surface area contributed by atoms with Crippen LogP contribution in [0.1, 0.15) is 117 Å². The molecule has 0 aliphatic carbocycles. The van der Waals surface area contributed by atoms with Gasteiger partial charge in [0.05, 0.1) is 6.67 Å². The first-order valence-electron chi connectivity index (χ1n) is 25.5. The van der Waals surface area contributed by atoms with Gasteiger partial charge in [0, 0.05) is 49.9 Å². The van der Waals surface area contributed by atoms with E-state index in [2.05, 4.69) is 273 Å². The smallest absolute Gasteiger partial charge is 0.135 e. The molecule has 7 aromatic carbocycles. The molecule has 0 radical (unpaired) electrons. The van der Waals surface area contributed by atoms with Gasteiger partial charge in [0.2, 0.25) is 0 Å². The van der Waals surface area contributed by atoms with Gasteiger partial charge >= 0.3 is 0 Å². The van der Waals surface area contributed by atoms with Crippen molar-refractivity contribution in [1.29, 1.82) is 0 Å². The Morgan fingerprint density at radius 2 is 1.12 bits per heavy atom. The van der Waals surface area contributed by atoms with Crippen molar-refractivity contribution in [2.75, 3.05) is 16.5 Å². The maximum absolute atomic E-state index is 5.07. The van der Waals surface area contributed by atoms with Crippen molar-refractivity contribution in [2.24, 2.45) is 0 Å². The Morgan fingerprint density at radius 1 is 0.548 bits per heavy atom. The molecule has 0 saturated heterocycles. The van der Waals surface area contributed by atoms with Crippen LogP contribution in [0.25, 0.3) is 38.8 Å². The fraction of sp³-hybridized carbons (Fsp3) is 0.254. The van der Waals surface area contributed by atoms with E-state index in [1.165, 1.54) is 76.6 Å². The molecule has 1 aliphatic rings. The number of pyridine rings is 1. The van der Waals surface area contributed by atoms with E-state index in [4.69, 9.17) is 4.98 Å². The average Bonchev–Trinajstić information content (AvgIpc) is 3.86. The number of hydrogen-bond donors (Lipinski definition) is 0. The molecule has 1 aliphatic heterocycles. The molecule has 73 heavy (non-hydrogen) atoms. The number of para-hydroxylation sites is 1. The summed E-state index contributed by atoms with van der Waals surface area (Å²) in [5.74, 6) is 1.76. The molecule has 0 N–H and O–H groups in total. The summed E-state index contributed by atoms with van der Waals surface area (Å²) >= 11 is 0. The fourth-order valence-corrected chi connectivity index (χ4v) is 15.5. The van der Waals surface area contributed by atoms with E-state index in [1.54, 1.807) is 0 Å². The SMILES string of the molecule is CC1=C(C)N(c2ccc(-c3c(C(C)C)cccc3C(C)C)cc2)CN1c1[c-]c([Si](c2[c-]c3c(cc2)c2ccccc2n3-c2cc(C(C)(C)C)ccn2)(c2ccccc2)c2ccccc2)cc(C(C)(C)C)c1.[CH3-].[Pt]. The van der Waals surface area contributed by atoms with Crippen LogP contribution in [0.3, 0.4) is 0 Å². The second-order valence-electron chi connectivity index (χ2n) is 22.4. The number of aromatic nitrogens is 2. The summed E-state index contributed by atoms with van der Waals surface area (Å²) in [6.07, 6.45) is 1.96. The minimum atomic E-state index is -3.21. The molecule has 0 bridgehead atoms. The second kappa shape index (κ2) is 20.6. The van der Waals surface area contributed by atoms with Crippen LogP contribution in [0, 0.1) is 19.6 Å². The molecule has 6 heteroatoms. The standard InChI is InChI=1S/C66H68N4Si.CH3.Pt/c1-44(2)57-27-21-28-58(45(3)4)64(57)48-30-32-51(33-31-48)68-43-69(47(6)46(68)5)52-38-50(66(10,11)12)39-56(41-52)71(53-22-15-13-16-23-53,54-24-17-14-18-25-54)55-34-35-60-59-26-19-20-29-61(59)70(62(60)42-55)63-40-49(36-37-67-63)65(7,8)9;;/h13-40,44-45H,43H2,1-12H3;1H3;/q-2;-1;. The van der Waals surface area contributed by atoms with E-state index in [0.717, 1.165) is 27.9 Å². The van der Waals surface area contributed by atoms with Crippen molar-refractivity contribution in [3.8, 4) is 16.9 Å². The maximum Gasteiger partial charge on any atom is 0.135 e. The van der Waals surface area contributed by atoms with Crippen LogP contribution in [-0.2, 0) is 31.9 Å². The largest absolute Gasteiger partial charge is 0.358 e. The predicted octanol–water partition coefficient (Wildman–Crippen LogP) is 14.6. The third kappa shape index (κ3) is 9.49. The average molecular weight is 1160 g/mol. The summed E-state index contributed by atoms with van der Waals surface area (Å²) in [6, 6.07) is 69.9. The first-order valence-corrected chi connectivity index (χ1v) is 27.5. The van der Waals surface area contributed by atoms with Crippen molar-refractivity contribution >= 4 is 62.0 Å². The number of rotatable bonds is 10. The summed E-state index contributed by atoms with van der Waals surface area (Å²) in [7, 11) is -3.21. The van der Waals surface area contributed by atoms with Crippen LogP contribution >= 0.6 is 0 Å². The van der Waals surface area contributed by atoms with Crippen LogP contribution in [0.5, 0.6) is 0 Å². The molecule has 9 aromatic rings. The van der Waals surface area contributed by atoms with E-state index in [-0.39, 0.29) is 39.3 Å². The number of fused-ring (bicyclic) bond motifs is 3. The Kier molecular flexibility index (Phi) is 14.9. The third-order valence-electron chi connectivity index (χ3n) is 15.1. The van der Waals surface area contributed by atoms with Gasteiger partial charge in [-0.25, -0.2) is 4.98 Å². The van der Waals surface area contributed by atoms with E-state index in [9.17, 15) is 0 Å². The molecule has 0 fully saturated rings. The Hall–Kier alpha value is -6.26. The minimum absolute atomic E-state index is 0. The Bertz CT molecular complexity index is 3380. The second-order valence-corrected chi connectivity index (χ2v) is 26.1. The Balaban J connectivity index is 0.00000356. The molecular weight excluding hydrogens is 1080 g/mol. The molecule has 376 valence electrons. The Morgan fingerprint density at radius 3 is 1.71 bits per heavy atom. The molecule has 3 heterocycles. The topological polar surface area (TPSA) is 24.3 Å². The molecule has 4 nitrogen and oxygen atoms in total. The van der Waals surface area contributed by atoms with Crippen molar-refractivity contribution < 1.29 is 21.1 Å². The number of nitrogens with zero attached hydrogens (tertiary/aromatic N) is 4. The molecule has 0 amide bonds. The first kappa shape index (κ1) is 53.0. The zero-order valence-corrected chi connectivity index (χ0v) is 48.4. The summed E-state index contributed by atoms with van der Waals surface area (Å²) in [5, 5.41) is 7.32. The zero-order valence-electron chi connectivity index (χ0n) is 45.1. The maximum atomic E-state index is 5.07. The molecule has 0 unspecified atom stereocenters. The molecule has 10 rings (SSSR count). The van der Waals surface area contributed by atoms with Crippen LogP contribution in [0.4, 0.5) is 11.4 Å².